The Bertz CT molecular complexity index is 1090. The van der Waals surface area contributed by atoms with Crippen molar-refractivity contribution in [2.75, 3.05) is 26.2 Å². The molecule has 0 radical (unpaired) electrons. The Hall–Kier alpha value is -2.69. The molecule has 2 aromatic rings. The fraction of sp³-hybridized carbons (Fsp3) is 0.609. The van der Waals surface area contributed by atoms with Crippen molar-refractivity contribution in [1.29, 1.82) is 0 Å². The summed E-state index contributed by atoms with van der Waals surface area (Å²) >= 11 is 0. The second-order valence-corrected chi connectivity index (χ2v) is 10.4. The Kier molecular flexibility index (Phi) is 4.91. The number of urea groups is 1. The first kappa shape index (κ1) is 21.8. The van der Waals surface area contributed by atoms with Gasteiger partial charge in [0, 0.05) is 56.0 Å². The molecule has 4 aliphatic rings. The molecule has 1 aromatic heterocycles. The van der Waals surface area contributed by atoms with Crippen molar-refractivity contribution in [3.63, 3.8) is 0 Å². The van der Waals surface area contributed by atoms with E-state index in [9.17, 15) is 22.4 Å². The number of nitrogens with zero attached hydrogens (tertiary/aromatic N) is 4. The van der Waals surface area contributed by atoms with Crippen LogP contribution in [-0.4, -0.2) is 63.2 Å². The number of hydrogen-bond donors (Lipinski definition) is 2. The first-order valence-electron chi connectivity index (χ1n) is 11.7. The maximum absolute atomic E-state index is 13.4. The van der Waals surface area contributed by atoms with Gasteiger partial charge in [-0.3, -0.25) is 5.10 Å². The molecule has 182 valence electrons. The highest BCUT2D eigenvalue weighted by molar-refractivity contribution is 5.76. The second kappa shape index (κ2) is 7.66. The Balaban J connectivity index is 0.944. The van der Waals surface area contributed by atoms with E-state index in [1.165, 1.54) is 12.8 Å². The number of halogens is 4. The number of alkyl halides is 3. The fourth-order valence-corrected chi connectivity index (χ4v) is 5.54. The van der Waals surface area contributed by atoms with Crippen LogP contribution in [0.4, 0.5) is 22.4 Å². The molecule has 4 fully saturated rings. The molecule has 2 aliphatic carbocycles. The second-order valence-electron chi connectivity index (χ2n) is 10.4. The molecule has 0 unspecified atom stereocenters. The summed E-state index contributed by atoms with van der Waals surface area (Å²) in [6.07, 6.45) is -0.164. The number of carbonyl (C=O) groups is 1. The fourth-order valence-electron chi connectivity index (χ4n) is 5.54. The Morgan fingerprint density at radius 3 is 2.56 bits per heavy atom. The molecule has 2 saturated heterocycles. The third kappa shape index (κ3) is 3.93. The summed E-state index contributed by atoms with van der Waals surface area (Å²) in [6.45, 7) is 2.23. The van der Waals surface area contributed by atoms with E-state index >= 15 is 0 Å². The maximum Gasteiger partial charge on any atom is 0.416 e. The molecule has 2 aliphatic heterocycles. The van der Waals surface area contributed by atoms with E-state index in [4.69, 9.17) is 0 Å². The van der Waals surface area contributed by atoms with Crippen LogP contribution in [0.3, 0.4) is 0 Å². The van der Waals surface area contributed by atoms with E-state index in [0.717, 1.165) is 55.8 Å². The summed E-state index contributed by atoms with van der Waals surface area (Å²) in [5.74, 6) is 2.13. The summed E-state index contributed by atoms with van der Waals surface area (Å²) in [5.41, 5.74) is -0.793. The van der Waals surface area contributed by atoms with Crippen LogP contribution in [0.1, 0.15) is 60.3 Å². The molecule has 1 aromatic carbocycles. The average Bonchev–Trinajstić information content (AvgIpc) is 3.42. The molecule has 0 atom stereocenters. The highest BCUT2D eigenvalue weighted by Crippen LogP contribution is 2.55. The Morgan fingerprint density at radius 2 is 1.88 bits per heavy atom. The van der Waals surface area contributed by atoms with Gasteiger partial charge < -0.3 is 15.1 Å². The zero-order valence-corrected chi connectivity index (χ0v) is 18.5. The topological polar surface area (TPSA) is 77.2 Å². The van der Waals surface area contributed by atoms with Gasteiger partial charge in [-0.1, -0.05) is 0 Å². The lowest BCUT2D eigenvalue weighted by molar-refractivity contribution is -0.138. The lowest BCUT2D eigenvalue weighted by atomic mass is 9.57. The van der Waals surface area contributed by atoms with E-state index in [0.29, 0.717) is 24.9 Å². The minimum absolute atomic E-state index is 0.0252. The predicted octanol–water partition coefficient (Wildman–Crippen LogP) is 3.61. The highest BCUT2D eigenvalue weighted by Gasteiger charge is 2.56. The van der Waals surface area contributed by atoms with Crippen molar-refractivity contribution < 1.29 is 22.4 Å². The van der Waals surface area contributed by atoms with Crippen molar-refractivity contribution >= 4 is 6.03 Å². The molecular formula is C23H26F4N6O. The van der Waals surface area contributed by atoms with Gasteiger partial charge in [-0.2, -0.15) is 18.3 Å². The van der Waals surface area contributed by atoms with Crippen LogP contribution in [0.5, 0.6) is 0 Å². The molecule has 6 rings (SSSR count). The molecule has 1 spiro atoms. The SMILES string of the molecule is O=C(N1CC(NCc2cc(F)ccc2C(F)(F)F)C1)N1CC2(CC(c3n[nH]c(C4CC4)n3)C2)C1. The smallest absolute Gasteiger partial charge is 0.323 e. The minimum atomic E-state index is -4.53. The molecule has 11 heteroatoms. The van der Waals surface area contributed by atoms with Gasteiger partial charge in [0.1, 0.15) is 11.6 Å². The number of benzene rings is 1. The van der Waals surface area contributed by atoms with E-state index < -0.39 is 17.6 Å². The molecule has 2 saturated carbocycles. The number of carbonyl (C=O) groups excluding carboxylic acids is 1. The number of likely N-dealkylation sites (tertiary alicyclic amines) is 2. The van der Waals surface area contributed by atoms with Crippen LogP contribution >= 0.6 is 0 Å². The summed E-state index contributed by atoms with van der Waals surface area (Å²) in [5, 5.41) is 10.5. The van der Waals surface area contributed by atoms with Gasteiger partial charge in [0.2, 0.25) is 0 Å². The predicted molar refractivity (Wildman–Crippen MR) is 113 cm³/mol. The van der Waals surface area contributed by atoms with Crippen LogP contribution in [0.25, 0.3) is 0 Å². The number of aromatic amines is 1. The van der Waals surface area contributed by atoms with Gasteiger partial charge in [0.05, 0.1) is 5.56 Å². The largest absolute Gasteiger partial charge is 0.416 e. The first-order chi connectivity index (χ1) is 16.2. The number of rotatable bonds is 5. The van der Waals surface area contributed by atoms with E-state index in [-0.39, 0.29) is 29.6 Å². The summed E-state index contributed by atoms with van der Waals surface area (Å²) in [4.78, 5) is 20.9. The molecule has 7 nitrogen and oxygen atoms in total. The average molecular weight is 478 g/mol. The van der Waals surface area contributed by atoms with Crippen molar-refractivity contribution in [2.45, 2.75) is 56.3 Å². The lowest BCUT2D eigenvalue weighted by Crippen LogP contribution is -2.69. The number of hydrogen-bond acceptors (Lipinski definition) is 4. The Morgan fingerprint density at radius 1 is 1.15 bits per heavy atom. The maximum atomic E-state index is 13.4. The molecular weight excluding hydrogens is 452 g/mol. The van der Waals surface area contributed by atoms with Gasteiger partial charge in [-0.25, -0.2) is 14.2 Å². The van der Waals surface area contributed by atoms with Crippen LogP contribution in [0.2, 0.25) is 0 Å². The number of amides is 2. The summed E-state index contributed by atoms with van der Waals surface area (Å²) in [6, 6.07) is 2.36. The third-order valence-corrected chi connectivity index (χ3v) is 7.64. The summed E-state index contributed by atoms with van der Waals surface area (Å²) in [7, 11) is 0. The third-order valence-electron chi connectivity index (χ3n) is 7.64. The van der Waals surface area contributed by atoms with Crippen LogP contribution in [0, 0.1) is 11.2 Å². The lowest BCUT2D eigenvalue weighted by Gasteiger charge is -2.59. The van der Waals surface area contributed by atoms with E-state index in [2.05, 4.69) is 20.5 Å². The van der Waals surface area contributed by atoms with Crippen molar-refractivity contribution in [1.82, 2.24) is 30.3 Å². The zero-order chi connectivity index (χ0) is 23.7. The van der Waals surface area contributed by atoms with Gasteiger partial charge in [-0.05, 0) is 49.4 Å². The summed E-state index contributed by atoms with van der Waals surface area (Å²) < 4.78 is 52.9. The molecule has 2 N–H and O–H groups in total. The van der Waals surface area contributed by atoms with Gasteiger partial charge >= 0.3 is 12.2 Å². The van der Waals surface area contributed by atoms with Crippen LogP contribution in [0.15, 0.2) is 18.2 Å². The number of nitrogens with one attached hydrogen (secondary N) is 2. The molecule has 34 heavy (non-hydrogen) atoms. The minimum Gasteiger partial charge on any atom is -0.323 e. The monoisotopic (exact) mass is 478 g/mol. The van der Waals surface area contributed by atoms with Gasteiger partial charge in [0.15, 0.2) is 5.82 Å². The molecule has 3 heterocycles. The molecule has 2 amide bonds. The van der Waals surface area contributed by atoms with Crippen LogP contribution in [-0.2, 0) is 12.7 Å². The molecule has 0 bridgehead atoms. The quantitative estimate of drug-likeness (QED) is 0.644. The van der Waals surface area contributed by atoms with Crippen molar-refractivity contribution in [3.8, 4) is 0 Å². The Labute approximate surface area is 193 Å². The highest BCUT2D eigenvalue weighted by atomic mass is 19.4. The van der Waals surface area contributed by atoms with Crippen molar-refractivity contribution in [2.24, 2.45) is 5.41 Å². The number of H-pyrrole nitrogens is 1. The number of aromatic nitrogens is 3. The zero-order valence-electron chi connectivity index (χ0n) is 18.5. The van der Waals surface area contributed by atoms with Gasteiger partial charge in [0.25, 0.3) is 0 Å². The standard InChI is InChI=1S/C23H26F4N6O/c24-16-3-4-18(23(25,26)27)14(5-16)8-28-17-9-32(10-17)21(34)33-11-22(12-33)6-15(7-22)20-29-19(30-31-20)13-1-2-13/h3-5,13,15,17,28H,1-2,6-12H2,(H,29,30,31). The van der Waals surface area contributed by atoms with Crippen LogP contribution < -0.4 is 5.32 Å². The first-order valence-corrected chi connectivity index (χ1v) is 11.7. The normalized spacial score (nSPS) is 22.5. The van der Waals surface area contributed by atoms with Gasteiger partial charge in [-0.15, -0.1) is 0 Å². The van der Waals surface area contributed by atoms with Crippen molar-refractivity contribution in [3.05, 3.63) is 46.8 Å². The van der Waals surface area contributed by atoms with E-state index in [1.54, 1.807) is 4.90 Å². The van der Waals surface area contributed by atoms with E-state index in [1.807, 2.05) is 4.90 Å².